The minimum Gasteiger partial charge on any atom is -0.339 e. The lowest BCUT2D eigenvalue weighted by Gasteiger charge is -2.39. The van der Waals surface area contributed by atoms with Gasteiger partial charge in [0.1, 0.15) is 0 Å². The van der Waals surface area contributed by atoms with Gasteiger partial charge in [0.15, 0.2) is 0 Å². The number of rotatable bonds is 4. The summed E-state index contributed by atoms with van der Waals surface area (Å²) in [5.41, 5.74) is 0.855. The van der Waals surface area contributed by atoms with Gasteiger partial charge in [0.2, 0.25) is 11.8 Å². The monoisotopic (exact) mass is 385 g/mol. The first-order valence-electron chi connectivity index (χ1n) is 8.57. The van der Waals surface area contributed by atoms with Crippen molar-refractivity contribution in [3.05, 3.63) is 34.9 Å². The fourth-order valence-corrected chi connectivity index (χ4v) is 3.45. The minimum absolute atomic E-state index is 0. The Kier molecular flexibility index (Phi) is 7.11. The molecule has 138 valence electrons. The second-order valence-electron chi connectivity index (χ2n) is 6.68. The van der Waals surface area contributed by atoms with E-state index >= 15 is 0 Å². The maximum Gasteiger partial charge on any atom is 0.227 e. The van der Waals surface area contributed by atoms with Crippen molar-refractivity contribution in [3.63, 3.8) is 0 Å². The van der Waals surface area contributed by atoms with Crippen LogP contribution in [0.15, 0.2) is 24.3 Å². The standard InChI is InChI=1S/C18H24ClN3O2.ClH/c1-13(15-11-20-12-15)18(24)22-8-6-21(7-9-22)17(23)10-14-4-2-3-5-16(14)19;/h2-5,13,15,20H,6-12H2,1H3;1H. The van der Waals surface area contributed by atoms with Gasteiger partial charge in [-0.1, -0.05) is 36.7 Å². The van der Waals surface area contributed by atoms with E-state index in [1.165, 1.54) is 0 Å². The summed E-state index contributed by atoms with van der Waals surface area (Å²) in [7, 11) is 0. The van der Waals surface area contributed by atoms with Crippen molar-refractivity contribution in [1.82, 2.24) is 15.1 Å². The maximum atomic E-state index is 12.5. The van der Waals surface area contributed by atoms with Crippen molar-refractivity contribution >= 4 is 35.8 Å². The molecular weight excluding hydrogens is 361 g/mol. The van der Waals surface area contributed by atoms with Gasteiger partial charge in [-0.25, -0.2) is 0 Å². The molecule has 2 saturated heterocycles. The van der Waals surface area contributed by atoms with Crippen LogP contribution in [0.4, 0.5) is 0 Å². The highest BCUT2D eigenvalue weighted by Crippen LogP contribution is 2.20. The predicted molar refractivity (Wildman–Crippen MR) is 101 cm³/mol. The van der Waals surface area contributed by atoms with Crippen molar-refractivity contribution in [2.45, 2.75) is 13.3 Å². The Bertz CT molecular complexity index is 614. The molecule has 0 radical (unpaired) electrons. The van der Waals surface area contributed by atoms with Crippen LogP contribution in [-0.2, 0) is 16.0 Å². The van der Waals surface area contributed by atoms with Gasteiger partial charge >= 0.3 is 0 Å². The van der Waals surface area contributed by atoms with Crippen LogP contribution in [0.25, 0.3) is 0 Å². The molecule has 1 atom stereocenters. The summed E-state index contributed by atoms with van der Waals surface area (Å²) in [5.74, 6) is 0.820. The molecule has 2 aliphatic rings. The predicted octanol–water partition coefficient (Wildman–Crippen LogP) is 1.83. The van der Waals surface area contributed by atoms with E-state index in [0.717, 1.165) is 18.7 Å². The smallest absolute Gasteiger partial charge is 0.227 e. The molecule has 1 aromatic rings. The third-order valence-corrected chi connectivity index (χ3v) is 5.52. The molecule has 2 heterocycles. The van der Waals surface area contributed by atoms with Gasteiger partial charge in [0.05, 0.1) is 6.42 Å². The molecule has 1 unspecified atom stereocenters. The molecule has 1 N–H and O–H groups in total. The number of piperazine rings is 1. The van der Waals surface area contributed by atoms with E-state index in [1.807, 2.05) is 34.9 Å². The largest absolute Gasteiger partial charge is 0.339 e. The molecular formula is C18H25Cl2N3O2. The van der Waals surface area contributed by atoms with E-state index in [9.17, 15) is 9.59 Å². The van der Waals surface area contributed by atoms with Gasteiger partial charge in [0, 0.05) is 37.1 Å². The highest BCUT2D eigenvalue weighted by atomic mass is 35.5. The molecule has 2 fully saturated rings. The number of benzene rings is 1. The average molecular weight is 386 g/mol. The number of nitrogens with one attached hydrogen (secondary N) is 1. The third kappa shape index (κ3) is 4.66. The van der Waals surface area contributed by atoms with E-state index < -0.39 is 0 Å². The van der Waals surface area contributed by atoms with E-state index in [-0.39, 0.29) is 30.1 Å². The zero-order valence-electron chi connectivity index (χ0n) is 14.4. The van der Waals surface area contributed by atoms with Gasteiger partial charge in [0.25, 0.3) is 0 Å². The molecule has 1 aromatic carbocycles. The fourth-order valence-electron chi connectivity index (χ4n) is 3.25. The van der Waals surface area contributed by atoms with Crippen LogP contribution in [0.1, 0.15) is 12.5 Å². The fraction of sp³-hybridized carbons (Fsp3) is 0.556. The number of nitrogens with zero attached hydrogens (tertiary/aromatic N) is 2. The topological polar surface area (TPSA) is 52.7 Å². The quantitative estimate of drug-likeness (QED) is 0.859. The normalized spacial score (nSPS) is 19.0. The molecule has 5 nitrogen and oxygen atoms in total. The maximum absolute atomic E-state index is 12.5. The Morgan fingerprint density at radius 3 is 2.32 bits per heavy atom. The zero-order valence-corrected chi connectivity index (χ0v) is 16.0. The average Bonchev–Trinajstić information content (AvgIpc) is 2.54. The summed E-state index contributed by atoms with van der Waals surface area (Å²) in [5, 5.41) is 3.84. The molecule has 0 saturated carbocycles. The molecule has 0 bridgehead atoms. The van der Waals surface area contributed by atoms with Crippen molar-refractivity contribution < 1.29 is 9.59 Å². The first-order valence-corrected chi connectivity index (χ1v) is 8.94. The SMILES string of the molecule is CC(C(=O)N1CCN(C(=O)Cc2ccccc2Cl)CC1)C1CNC1.Cl. The molecule has 25 heavy (non-hydrogen) atoms. The Morgan fingerprint density at radius 2 is 1.76 bits per heavy atom. The number of hydrogen-bond donors (Lipinski definition) is 1. The highest BCUT2D eigenvalue weighted by molar-refractivity contribution is 6.31. The summed E-state index contributed by atoms with van der Waals surface area (Å²) in [4.78, 5) is 28.7. The summed E-state index contributed by atoms with van der Waals surface area (Å²) in [6.45, 7) is 6.33. The van der Waals surface area contributed by atoms with E-state index in [1.54, 1.807) is 6.07 Å². The van der Waals surface area contributed by atoms with Crippen LogP contribution in [0.2, 0.25) is 5.02 Å². The van der Waals surface area contributed by atoms with E-state index in [2.05, 4.69) is 5.32 Å². The first-order chi connectivity index (χ1) is 11.6. The lowest BCUT2D eigenvalue weighted by atomic mass is 9.88. The van der Waals surface area contributed by atoms with Crippen molar-refractivity contribution in [2.75, 3.05) is 39.3 Å². The molecule has 2 amide bonds. The van der Waals surface area contributed by atoms with Gasteiger partial charge < -0.3 is 15.1 Å². The summed E-state index contributed by atoms with van der Waals surface area (Å²) < 4.78 is 0. The van der Waals surface area contributed by atoms with Crippen LogP contribution in [0, 0.1) is 11.8 Å². The number of carbonyl (C=O) groups excluding carboxylic acids is 2. The van der Waals surface area contributed by atoms with Crippen LogP contribution < -0.4 is 5.32 Å². The number of hydrogen-bond acceptors (Lipinski definition) is 3. The van der Waals surface area contributed by atoms with Crippen LogP contribution in [0.5, 0.6) is 0 Å². The Hall–Kier alpha value is -1.30. The Morgan fingerprint density at radius 1 is 1.16 bits per heavy atom. The van der Waals surface area contributed by atoms with Gasteiger partial charge in [-0.3, -0.25) is 9.59 Å². The number of amides is 2. The summed E-state index contributed by atoms with van der Waals surface area (Å²) >= 11 is 6.13. The van der Waals surface area contributed by atoms with Gasteiger partial charge in [-0.2, -0.15) is 0 Å². The molecule has 3 rings (SSSR count). The lowest BCUT2D eigenvalue weighted by Crippen LogP contribution is -2.55. The van der Waals surface area contributed by atoms with Crippen molar-refractivity contribution in [3.8, 4) is 0 Å². The van der Waals surface area contributed by atoms with Crippen LogP contribution >= 0.6 is 24.0 Å². The third-order valence-electron chi connectivity index (χ3n) is 5.15. The van der Waals surface area contributed by atoms with Crippen LogP contribution in [-0.4, -0.2) is 60.9 Å². The van der Waals surface area contributed by atoms with Crippen molar-refractivity contribution in [1.29, 1.82) is 0 Å². The summed E-state index contributed by atoms with van der Waals surface area (Å²) in [6, 6.07) is 7.44. The molecule has 0 aromatic heterocycles. The van der Waals surface area contributed by atoms with Crippen LogP contribution in [0.3, 0.4) is 0 Å². The molecule has 7 heteroatoms. The second-order valence-corrected chi connectivity index (χ2v) is 7.09. The lowest BCUT2D eigenvalue weighted by molar-refractivity contribution is -0.143. The van der Waals surface area contributed by atoms with Gasteiger partial charge in [-0.05, 0) is 30.6 Å². The molecule has 2 aliphatic heterocycles. The van der Waals surface area contributed by atoms with Gasteiger partial charge in [-0.15, -0.1) is 12.4 Å². The highest BCUT2D eigenvalue weighted by Gasteiger charge is 2.33. The van der Waals surface area contributed by atoms with Crippen molar-refractivity contribution in [2.24, 2.45) is 11.8 Å². The first kappa shape index (κ1) is 20.0. The Labute approximate surface area is 160 Å². The summed E-state index contributed by atoms with van der Waals surface area (Å²) in [6.07, 6.45) is 0.317. The molecule has 0 spiro atoms. The number of carbonyl (C=O) groups is 2. The second kappa shape index (κ2) is 8.88. The number of halogens is 2. The van der Waals surface area contributed by atoms with E-state index in [0.29, 0.717) is 43.5 Å². The van der Waals surface area contributed by atoms with E-state index in [4.69, 9.17) is 11.6 Å². The molecule has 0 aliphatic carbocycles. The zero-order chi connectivity index (χ0) is 17.1. The Balaban J connectivity index is 0.00000225. The minimum atomic E-state index is 0.